The number of benzene rings is 1. The van der Waals surface area contributed by atoms with Gasteiger partial charge in [0.2, 0.25) is 20.0 Å². The number of primary sulfonamides is 1. The fourth-order valence-electron chi connectivity index (χ4n) is 1.37. The van der Waals surface area contributed by atoms with Gasteiger partial charge in [0.15, 0.2) is 9.84 Å². The third-order valence-corrected chi connectivity index (χ3v) is 6.78. The van der Waals surface area contributed by atoms with E-state index in [1.165, 1.54) is 12.1 Å². The van der Waals surface area contributed by atoms with Crippen molar-refractivity contribution in [3.63, 3.8) is 0 Å². The molecular formula is C9H14N2O6S3. The molecule has 1 aromatic carbocycles. The highest BCUT2D eigenvalue weighted by molar-refractivity contribution is 7.95. The van der Waals surface area contributed by atoms with Crippen molar-refractivity contribution in [2.24, 2.45) is 5.14 Å². The molecule has 0 aliphatic carbocycles. The van der Waals surface area contributed by atoms with Gasteiger partial charge in [-0.2, -0.15) is 0 Å². The van der Waals surface area contributed by atoms with Crippen LogP contribution in [0.1, 0.15) is 0 Å². The van der Waals surface area contributed by atoms with E-state index in [1.807, 2.05) is 4.72 Å². The van der Waals surface area contributed by atoms with E-state index in [4.69, 9.17) is 5.14 Å². The first-order valence-corrected chi connectivity index (χ1v) is 10.1. The smallest absolute Gasteiger partial charge is 0.229 e. The van der Waals surface area contributed by atoms with E-state index < -0.39 is 51.2 Å². The van der Waals surface area contributed by atoms with Crippen molar-refractivity contribution in [3.05, 3.63) is 24.3 Å². The SMILES string of the molecule is CNS(=O)(=O)c1ccccc1S(=O)(=O)CCS(N)(=O)=O. The molecule has 0 aromatic heterocycles. The van der Waals surface area contributed by atoms with Gasteiger partial charge in [-0.3, -0.25) is 0 Å². The third kappa shape index (κ3) is 4.24. The monoisotopic (exact) mass is 342 g/mol. The van der Waals surface area contributed by atoms with Gasteiger partial charge >= 0.3 is 0 Å². The van der Waals surface area contributed by atoms with Crippen molar-refractivity contribution < 1.29 is 25.3 Å². The molecule has 0 saturated carbocycles. The quantitative estimate of drug-likeness (QED) is 0.655. The second-order valence-electron chi connectivity index (χ2n) is 3.84. The Balaban J connectivity index is 3.34. The Morgan fingerprint density at radius 1 is 0.950 bits per heavy atom. The minimum Gasteiger partial charge on any atom is -0.229 e. The Kier molecular flexibility index (Phi) is 4.92. The second kappa shape index (κ2) is 5.77. The third-order valence-electron chi connectivity index (χ3n) is 2.38. The molecule has 0 amide bonds. The van der Waals surface area contributed by atoms with Crippen LogP contribution in [0, 0.1) is 0 Å². The molecule has 0 unspecified atom stereocenters. The Bertz CT molecular complexity index is 796. The van der Waals surface area contributed by atoms with Gasteiger partial charge in [-0.15, -0.1) is 0 Å². The molecule has 3 N–H and O–H groups in total. The van der Waals surface area contributed by atoms with Gasteiger partial charge < -0.3 is 0 Å². The lowest BCUT2D eigenvalue weighted by Crippen LogP contribution is -2.25. The van der Waals surface area contributed by atoms with Crippen LogP contribution in [0.4, 0.5) is 0 Å². The van der Waals surface area contributed by atoms with Crippen molar-refractivity contribution in [2.45, 2.75) is 9.79 Å². The van der Waals surface area contributed by atoms with Crippen molar-refractivity contribution in [1.29, 1.82) is 0 Å². The van der Waals surface area contributed by atoms with Crippen LogP contribution in [-0.4, -0.2) is 43.8 Å². The van der Waals surface area contributed by atoms with E-state index >= 15 is 0 Å². The summed E-state index contributed by atoms with van der Waals surface area (Å²) in [5.74, 6) is -1.58. The molecule has 0 heterocycles. The number of rotatable bonds is 6. The van der Waals surface area contributed by atoms with Gasteiger partial charge in [0, 0.05) is 0 Å². The number of hydrogen-bond donors (Lipinski definition) is 2. The average molecular weight is 342 g/mol. The van der Waals surface area contributed by atoms with Gasteiger partial charge in [-0.25, -0.2) is 35.1 Å². The summed E-state index contributed by atoms with van der Waals surface area (Å²) in [6, 6.07) is 4.93. The van der Waals surface area contributed by atoms with Crippen molar-refractivity contribution in [2.75, 3.05) is 18.6 Å². The summed E-state index contributed by atoms with van der Waals surface area (Å²) in [4.78, 5) is -0.894. The molecule has 0 aliphatic rings. The highest BCUT2D eigenvalue weighted by Gasteiger charge is 2.26. The van der Waals surface area contributed by atoms with Crippen LogP contribution < -0.4 is 9.86 Å². The molecule has 20 heavy (non-hydrogen) atoms. The van der Waals surface area contributed by atoms with E-state index in [0.29, 0.717) is 0 Å². The Hall–Kier alpha value is -1.01. The molecule has 114 valence electrons. The van der Waals surface area contributed by atoms with Crippen molar-refractivity contribution in [1.82, 2.24) is 4.72 Å². The molecule has 1 aromatic rings. The van der Waals surface area contributed by atoms with Crippen LogP contribution in [0.2, 0.25) is 0 Å². The van der Waals surface area contributed by atoms with Crippen LogP contribution in [0.15, 0.2) is 34.1 Å². The number of nitrogens with two attached hydrogens (primary N) is 1. The molecule has 0 bridgehead atoms. The zero-order valence-corrected chi connectivity index (χ0v) is 12.9. The minimum atomic E-state index is -4.10. The molecule has 0 saturated heterocycles. The molecule has 1 rings (SSSR count). The molecule has 0 spiro atoms. The Labute approximate surface area is 118 Å². The highest BCUT2D eigenvalue weighted by Crippen LogP contribution is 2.21. The number of nitrogens with one attached hydrogen (secondary N) is 1. The zero-order valence-electron chi connectivity index (χ0n) is 10.5. The second-order valence-corrected chi connectivity index (χ2v) is 9.51. The fourth-order valence-corrected chi connectivity index (χ4v) is 5.58. The summed E-state index contributed by atoms with van der Waals surface area (Å²) in [7, 11) is -10.9. The summed E-state index contributed by atoms with van der Waals surface area (Å²) in [5.41, 5.74) is 0. The lowest BCUT2D eigenvalue weighted by atomic mass is 10.4. The van der Waals surface area contributed by atoms with Gasteiger partial charge in [0.05, 0.1) is 16.4 Å². The summed E-state index contributed by atoms with van der Waals surface area (Å²) < 4.78 is 71.3. The molecule has 0 fully saturated rings. The van der Waals surface area contributed by atoms with Crippen LogP contribution in [-0.2, 0) is 29.9 Å². The van der Waals surface area contributed by atoms with Gasteiger partial charge in [0.1, 0.15) is 4.90 Å². The maximum absolute atomic E-state index is 12.1. The normalized spacial score (nSPS) is 13.3. The fraction of sp³-hybridized carbons (Fsp3) is 0.333. The lowest BCUT2D eigenvalue weighted by molar-refractivity contribution is 0.577. The van der Waals surface area contributed by atoms with E-state index in [-0.39, 0.29) is 0 Å². The predicted octanol–water partition coefficient (Wildman–Crippen LogP) is -1.34. The Morgan fingerprint density at radius 2 is 1.45 bits per heavy atom. The maximum Gasteiger partial charge on any atom is 0.241 e. The summed E-state index contributed by atoms with van der Waals surface area (Å²) in [5, 5.41) is 4.75. The zero-order chi connectivity index (χ0) is 15.6. The van der Waals surface area contributed by atoms with Crippen LogP contribution in [0.3, 0.4) is 0 Å². The van der Waals surface area contributed by atoms with E-state index in [2.05, 4.69) is 0 Å². The first kappa shape index (κ1) is 17.0. The van der Waals surface area contributed by atoms with Crippen LogP contribution >= 0.6 is 0 Å². The van der Waals surface area contributed by atoms with E-state index in [1.54, 1.807) is 0 Å². The molecular weight excluding hydrogens is 328 g/mol. The van der Waals surface area contributed by atoms with Crippen molar-refractivity contribution in [3.8, 4) is 0 Å². The maximum atomic E-state index is 12.1. The number of sulfone groups is 1. The molecule has 0 aliphatic heterocycles. The molecule has 0 atom stereocenters. The van der Waals surface area contributed by atoms with Gasteiger partial charge in [0.25, 0.3) is 0 Å². The molecule has 8 nitrogen and oxygen atoms in total. The number of sulfonamides is 2. The standard InChI is InChI=1S/C9H14N2O6S3/c1-11-20(16,17)9-5-3-2-4-8(9)18(12,13)6-7-19(10,14)15/h2-5,11H,6-7H2,1H3,(H2,10,14,15). The topological polar surface area (TPSA) is 140 Å². The van der Waals surface area contributed by atoms with Crippen LogP contribution in [0.5, 0.6) is 0 Å². The first-order valence-electron chi connectivity index (χ1n) is 5.25. The Morgan fingerprint density at radius 3 is 1.90 bits per heavy atom. The summed E-state index contributed by atoms with van der Waals surface area (Å²) >= 11 is 0. The molecule has 11 heteroatoms. The summed E-state index contributed by atoms with van der Waals surface area (Å²) in [6.45, 7) is 0. The average Bonchev–Trinajstić information content (AvgIpc) is 2.36. The summed E-state index contributed by atoms with van der Waals surface area (Å²) in [6.07, 6.45) is 0. The molecule has 0 radical (unpaired) electrons. The highest BCUT2D eigenvalue weighted by atomic mass is 32.2. The number of hydrogen-bond acceptors (Lipinski definition) is 6. The van der Waals surface area contributed by atoms with Gasteiger partial charge in [-0.05, 0) is 19.2 Å². The lowest BCUT2D eigenvalue weighted by Gasteiger charge is -2.10. The largest absolute Gasteiger partial charge is 0.241 e. The first-order chi connectivity index (χ1) is 8.99. The van der Waals surface area contributed by atoms with Crippen molar-refractivity contribution >= 4 is 29.9 Å². The van der Waals surface area contributed by atoms with E-state index in [9.17, 15) is 25.3 Å². The van der Waals surface area contributed by atoms with Crippen LogP contribution in [0.25, 0.3) is 0 Å². The predicted molar refractivity (Wildman–Crippen MR) is 72.7 cm³/mol. The minimum absolute atomic E-state index is 0.433. The van der Waals surface area contributed by atoms with E-state index in [0.717, 1.165) is 19.2 Å². The van der Waals surface area contributed by atoms with Gasteiger partial charge in [-0.1, -0.05) is 12.1 Å².